The first-order chi connectivity index (χ1) is 10.3. The van der Waals surface area contributed by atoms with Gasteiger partial charge in [0.05, 0.1) is 23.5 Å². The molecule has 0 aliphatic rings. The molecule has 7 nitrogen and oxygen atoms in total. The number of nitrogens with one attached hydrogen (secondary N) is 2. The zero-order chi connectivity index (χ0) is 16.3. The molecule has 0 radical (unpaired) electrons. The fraction of sp³-hybridized carbons (Fsp3) is 0.167. The number of rotatable bonds is 5. The molecule has 22 heavy (non-hydrogen) atoms. The van der Waals surface area contributed by atoms with E-state index in [-0.39, 0.29) is 11.0 Å². The standard InChI is InChI=1S/C12H12BrClN4O3S/c1-21-9-5-3-4-8(10(9)18-22(2,19)20)16-11-7(13)6-15-12(14)17-11/h3-6,18H,1-2H3,(H,15,16,17). The molecule has 0 unspecified atom stereocenters. The molecule has 0 saturated carbocycles. The van der Waals surface area contributed by atoms with E-state index in [9.17, 15) is 8.42 Å². The highest BCUT2D eigenvalue weighted by atomic mass is 79.9. The molecule has 0 saturated heterocycles. The average molecular weight is 408 g/mol. The quantitative estimate of drug-likeness (QED) is 0.740. The highest BCUT2D eigenvalue weighted by Gasteiger charge is 2.15. The van der Waals surface area contributed by atoms with Crippen molar-refractivity contribution >= 4 is 54.7 Å². The van der Waals surface area contributed by atoms with Gasteiger partial charge in [0.2, 0.25) is 15.3 Å². The van der Waals surface area contributed by atoms with Gasteiger partial charge >= 0.3 is 0 Å². The van der Waals surface area contributed by atoms with Crippen molar-refractivity contribution in [1.29, 1.82) is 0 Å². The van der Waals surface area contributed by atoms with Crippen LogP contribution in [0, 0.1) is 0 Å². The van der Waals surface area contributed by atoms with Gasteiger partial charge in [0, 0.05) is 6.20 Å². The Kier molecular flexibility index (Phi) is 5.09. The zero-order valence-corrected chi connectivity index (χ0v) is 14.8. The summed E-state index contributed by atoms with van der Waals surface area (Å²) in [6, 6.07) is 5.03. The molecule has 2 rings (SSSR count). The number of methoxy groups -OCH3 is 1. The minimum Gasteiger partial charge on any atom is -0.494 e. The predicted molar refractivity (Wildman–Crippen MR) is 89.5 cm³/mol. The number of sulfonamides is 1. The molecule has 2 N–H and O–H groups in total. The second-order valence-corrected chi connectivity index (χ2v) is 7.16. The lowest BCUT2D eigenvalue weighted by molar-refractivity contribution is 0.417. The predicted octanol–water partition coefficient (Wildman–Crippen LogP) is 3.02. The number of ether oxygens (including phenoxy) is 1. The summed E-state index contributed by atoms with van der Waals surface area (Å²) in [5.74, 6) is 0.761. The molecule has 2 aromatic rings. The maximum atomic E-state index is 11.5. The van der Waals surface area contributed by atoms with Gasteiger partial charge in [-0.3, -0.25) is 4.72 Å². The SMILES string of the molecule is COc1cccc(Nc2nc(Cl)ncc2Br)c1NS(C)(=O)=O. The molecule has 10 heteroatoms. The number of nitrogens with zero attached hydrogens (tertiary/aromatic N) is 2. The molecule has 0 atom stereocenters. The van der Waals surface area contributed by atoms with Crippen LogP contribution in [-0.4, -0.2) is 31.8 Å². The van der Waals surface area contributed by atoms with Crippen LogP contribution in [-0.2, 0) is 10.0 Å². The lowest BCUT2D eigenvalue weighted by Crippen LogP contribution is -2.12. The number of halogens is 2. The van der Waals surface area contributed by atoms with E-state index in [4.69, 9.17) is 16.3 Å². The fourth-order valence-corrected chi connectivity index (χ4v) is 2.66. The molecule has 1 heterocycles. The van der Waals surface area contributed by atoms with Crippen LogP contribution in [0.2, 0.25) is 5.28 Å². The van der Waals surface area contributed by atoms with Crippen molar-refractivity contribution < 1.29 is 13.2 Å². The van der Waals surface area contributed by atoms with Gasteiger partial charge < -0.3 is 10.1 Å². The third-order valence-corrected chi connectivity index (χ3v) is 3.84. The molecule has 0 aliphatic heterocycles. The highest BCUT2D eigenvalue weighted by molar-refractivity contribution is 9.10. The van der Waals surface area contributed by atoms with Crippen LogP contribution < -0.4 is 14.8 Å². The van der Waals surface area contributed by atoms with Crippen molar-refractivity contribution in [3.63, 3.8) is 0 Å². The second kappa shape index (κ2) is 6.67. The molecule has 0 bridgehead atoms. The van der Waals surface area contributed by atoms with E-state index in [0.717, 1.165) is 6.26 Å². The molecule has 0 fully saturated rings. The normalized spacial score (nSPS) is 11.1. The number of aromatic nitrogens is 2. The molecular formula is C12H12BrClN4O3S. The largest absolute Gasteiger partial charge is 0.494 e. The molecule has 1 aromatic heterocycles. The van der Waals surface area contributed by atoms with E-state index >= 15 is 0 Å². The smallest absolute Gasteiger partial charge is 0.230 e. The molecule has 0 amide bonds. The van der Waals surface area contributed by atoms with Crippen molar-refractivity contribution in [3.8, 4) is 5.75 Å². The number of anilines is 3. The summed E-state index contributed by atoms with van der Waals surface area (Å²) in [5.41, 5.74) is 0.731. The summed E-state index contributed by atoms with van der Waals surface area (Å²) in [4.78, 5) is 7.87. The van der Waals surface area contributed by atoms with Gasteiger partial charge in [-0.1, -0.05) is 6.07 Å². The second-order valence-electron chi connectivity index (χ2n) is 4.22. The minimum atomic E-state index is -3.48. The van der Waals surface area contributed by atoms with Crippen molar-refractivity contribution in [2.24, 2.45) is 0 Å². The maximum Gasteiger partial charge on any atom is 0.230 e. The van der Waals surface area contributed by atoms with Crippen LogP contribution in [0.15, 0.2) is 28.9 Å². The van der Waals surface area contributed by atoms with Crippen LogP contribution in [0.3, 0.4) is 0 Å². The molecule has 1 aromatic carbocycles. The number of para-hydroxylation sites is 1. The molecular weight excluding hydrogens is 396 g/mol. The summed E-state index contributed by atoms with van der Waals surface area (Å²) >= 11 is 9.06. The van der Waals surface area contributed by atoms with Crippen LogP contribution in [0.4, 0.5) is 17.2 Å². The first kappa shape index (κ1) is 16.8. The first-order valence-electron chi connectivity index (χ1n) is 5.90. The van der Waals surface area contributed by atoms with Gasteiger partial charge in [-0.05, 0) is 39.7 Å². The molecule has 118 valence electrons. The Labute approximate surface area is 141 Å². The number of hydrogen-bond donors (Lipinski definition) is 2. The third-order valence-electron chi connectivity index (χ3n) is 2.50. The first-order valence-corrected chi connectivity index (χ1v) is 8.96. The zero-order valence-electron chi connectivity index (χ0n) is 11.6. The Bertz CT molecular complexity index is 801. The molecule has 0 aliphatic carbocycles. The van der Waals surface area contributed by atoms with Gasteiger partial charge in [0.15, 0.2) is 0 Å². The van der Waals surface area contributed by atoms with E-state index in [0.29, 0.717) is 21.7 Å². The molecule has 0 spiro atoms. The monoisotopic (exact) mass is 406 g/mol. The summed E-state index contributed by atoms with van der Waals surface area (Å²) < 4.78 is 31.3. The third kappa shape index (κ3) is 4.21. The Morgan fingerprint density at radius 3 is 2.73 bits per heavy atom. The summed E-state index contributed by atoms with van der Waals surface area (Å²) in [5, 5.41) is 3.05. The van der Waals surface area contributed by atoms with Crippen LogP contribution >= 0.6 is 27.5 Å². The van der Waals surface area contributed by atoms with E-state index in [1.165, 1.54) is 13.3 Å². The van der Waals surface area contributed by atoms with E-state index in [1.807, 2.05) is 0 Å². The van der Waals surface area contributed by atoms with Gasteiger partial charge in [-0.2, -0.15) is 4.98 Å². The topological polar surface area (TPSA) is 93.2 Å². The fourth-order valence-electron chi connectivity index (χ4n) is 1.66. The van der Waals surface area contributed by atoms with Gasteiger partial charge in [-0.15, -0.1) is 0 Å². The Hall–Kier alpha value is -1.58. The minimum absolute atomic E-state index is 0.0613. The summed E-state index contributed by atoms with van der Waals surface area (Å²) in [6.45, 7) is 0. The van der Waals surface area contributed by atoms with E-state index in [2.05, 4.69) is 35.9 Å². The van der Waals surface area contributed by atoms with Gasteiger partial charge in [0.1, 0.15) is 17.3 Å². The highest BCUT2D eigenvalue weighted by Crippen LogP contribution is 2.36. The number of hydrogen-bond acceptors (Lipinski definition) is 6. The summed E-state index contributed by atoms with van der Waals surface area (Å²) in [7, 11) is -2.03. The Morgan fingerprint density at radius 1 is 1.36 bits per heavy atom. The van der Waals surface area contributed by atoms with Crippen LogP contribution in [0.1, 0.15) is 0 Å². The lowest BCUT2D eigenvalue weighted by atomic mass is 10.2. The van der Waals surface area contributed by atoms with Gasteiger partial charge in [-0.25, -0.2) is 13.4 Å². The summed E-state index contributed by atoms with van der Waals surface area (Å²) in [6.07, 6.45) is 2.54. The van der Waals surface area contributed by atoms with Crippen molar-refractivity contribution in [2.75, 3.05) is 23.4 Å². The van der Waals surface area contributed by atoms with E-state index < -0.39 is 10.0 Å². The van der Waals surface area contributed by atoms with E-state index in [1.54, 1.807) is 18.2 Å². The van der Waals surface area contributed by atoms with Crippen molar-refractivity contribution in [1.82, 2.24) is 9.97 Å². The van der Waals surface area contributed by atoms with Crippen LogP contribution in [0.5, 0.6) is 5.75 Å². The Morgan fingerprint density at radius 2 is 2.09 bits per heavy atom. The Balaban J connectivity index is 2.48. The van der Waals surface area contributed by atoms with Crippen molar-refractivity contribution in [2.45, 2.75) is 0 Å². The number of benzene rings is 1. The maximum absolute atomic E-state index is 11.5. The van der Waals surface area contributed by atoms with Gasteiger partial charge in [0.25, 0.3) is 0 Å². The lowest BCUT2D eigenvalue weighted by Gasteiger charge is -2.16. The van der Waals surface area contributed by atoms with Crippen LogP contribution in [0.25, 0.3) is 0 Å². The average Bonchev–Trinajstić information content (AvgIpc) is 2.43. The van der Waals surface area contributed by atoms with Crippen molar-refractivity contribution in [3.05, 3.63) is 34.2 Å².